The summed E-state index contributed by atoms with van der Waals surface area (Å²) in [6.45, 7) is 1.86. The van der Waals surface area contributed by atoms with Crippen LogP contribution in [0.15, 0.2) is 24.3 Å². The minimum Gasteiger partial charge on any atom is -0.496 e. The van der Waals surface area contributed by atoms with E-state index in [4.69, 9.17) is 14.2 Å². The van der Waals surface area contributed by atoms with Crippen LogP contribution in [0.5, 0.6) is 17.2 Å². The van der Waals surface area contributed by atoms with Crippen LogP contribution in [-0.2, 0) is 0 Å². The Bertz CT molecular complexity index is 652. The van der Waals surface area contributed by atoms with Crippen molar-refractivity contribution in [1.82, 2.24) is 5.32 Å². The predicted molar refractivity (Wildman–Crippen MR) is 76.9 cm³/mol. The molecule has 0 bridgehead atoms. The predicted octanol–water partition coefficient (Wildman–Crippen LogP) is 2.88. The van der Waals surface area contributed by atoms with Crippen molar-refractivity contribution in [2.75, 3.05) is 21.3 Å². The third-order valence-electron chi connectivity index (χ3n) is 3.11. The molecule has 0 aromatic heterocycles. The summed E-state index contributed by atoms with van der Waals surface area (Å²) in [5.74, 6) is 1.59. The standard InChI is InChI=1S/C15H17NO4/c1-9-12(18-3)10-7-5-6-8-11(10)14(13(9)19-4)20-15(17)16-2/h5-8H,1-4H3,(H,16,17). The van der Waals surface area contributed by atoms with Crippen LogP contribution in [0.3, 0.4) is 0 Å². The van der Waals surface area contributed by atoms with E-state index < -0.39 is 6.09 Å². The van der Waals surface area contributed by atoms with Crippen molar-refractivity contribution < 1.29 is 19.0 Å². The van der Waals surface area contributed by atoms with Gasteiger partial charge < -0.3 is 19.5 Å². The fraction of sp³-hybridized carbons (Fsp3) is 0.267. The molecule has 0 fully saturated rings. The molecule has 0 saturated carbocycles. The van der Waals surface area contributed by atoms with Crippen LogP contribution >= 0.6 is 0 Å². The van der Waals surface area contributed by atoms with Gasteiger partial charge in [0.2, 0.25) is 0 Å². The van der Waals surface area contributed by atoms with Crippen molar-refractivity contribution in [3.63, 3.8) is 0 Å². The van der Waals surface area contributed by atoms with Gasteiger partial charge in [-0.25, -0.2) is 4.79 Å². The molecule has 0 aliphatic rings. The van der Waals surface area contributed by atoms with Crippen molar-refractivity contribution >= 4 is 16.9 Å². The molecule has 0 saturated heterocycles. The number of amides is 1. The third-order valence-corrected chi connectivity index (χ3v) is 3.11. The lowest BCUT2D eigenvalue weighted by Crippen LogP contribution is -2.22. The second kappa shape index (κ2) is 5.69. The summed E-state index contributed by atoms with van der Waals surface area (Å²) in [6, 6.07) is 7.54. The van der Waals surface area contributed by atoms with Gasteiger partial charge in [0.1, 0.15) is 5.75 Å². The average Bonchev–Trinajstić information content (AvgIpc) is 2.47. The van der Waals surface area contributed by atoms with Gasteiger partial charge in [0.05, 0.1) is 14.2 Å². The van der Waals surface area contributed by atoms with Crippen molar-refractivity contribution in [1.29, 1.82) is 0 Å². The third kappa shape index (κ3) is 2.22. The van der Waals surface area contributed by atoms with Crippen LogP contribution in [0.1, 0.15) is 5.56 Å². The van der Waals surface area contributed by atoms with Gasteiger partial charge in [-0.2, -0.15) is 0 Å². The molecule has 0 radical (unpaired) electrons. The molecule has 2 aromatic carbocycles. The Hall–Kier alpha value is -2.43. The average molecular weight is 275 g/mol. The van der Waals surface area contributed by atoms with E-state index in [0.29, 0.717) is 17.2 Å². The Balaban J connectivity index is 2.79. The van der Waals surface area contributed by atoms with E-state index in [1.54, 1.807) is 7.11 Å². The van der Waals surface area contributed by atoms with E-state index in [1.807, 2.05) is 31.2 Å². The molecule has 0 aliphatic heterocycles. The van der Waals surface area contributed by atoms with Gasteiger partial charge in [0.15, 0.2) is 11.5 Å². The quantitative estimate of drug-likeness (QED) is 0.935. The highest BCUT2D eigenvalue weighted by molar-refractivity contribution is 5.98. The van der Waals surface area contributed by atoms with E-state index in [-0.39, 0.29) is 0 Å². The lowest BCUT2D eigenvalue weighted by molar-refractivity contribution is 0.201. The molecule has 0 spiro atoms. The Morgan fingerprint density at radius 3 is 2.05 bits per heavy atom. The summed E-state index contributed by atoms with van der Waals surface area (Å²) in [5, 5.41) is 4.06. The van der Waals surface area contributed by atoms with Crippen molar-refractivity contribution in [2.24, 2.45) is 0 Å². The van der Waals surface area contributed by atoms with Crippen LogP contribution in [0.2, 0.25) is 0 Å². The second-order valence-corrected chi connectivity index (χ2v) is 4.21. The van der Waals surface area contributed by atoms with Crippen LogP contribution in [-0.4, -0.2) is 27.4 Å². The van der Waals surface area contributed by atoms with Gasteiger partial charge in [0.25, 0.3) is 0 Å². The fourth-order valence-corrected chi connectivity index (χ4v) is 2.23. The van der Waals surface area contributed by atoms with Gasteiger partial charge in [-0.3, -0.25) is 0 Å². The zero-order chi connectivity index (χ0) is 14.7. The van der Waals surface area contributed by atoms with E-state index in [1.165, 1.54) is 14.2 Å². The van der Waals surface area contributed by atoms with Crippen LogP contribution in [0.25, 0.3) is 10.8 Å². The van der Waals surface area contributed by atoms with Gasteiger partial charge in [-0.1, -0.05) is 24.3 Å². The maximum atomic E-state index is 11.5. The number of rotatable bonds is 3. The van der Waals surface area contributed by atoms with Crippen molar-refractivity contribution in [3.8, 4) is 17.2 Å². The van der Waals surface area contributed by atoms with Gasteiger partial charge >= 0.3 is 6.09 Å². The topological polar surface area (TPSA) is 56.8 Å². The maximum absolute atomic E-state index is 11.5. The number of fused-ring (bicyclic) bond motifs is 1. The zero-order valence-electron chi connectivity index (χ0n) is 11.9. The number of hydrogen-bond acceptors (Lipinski definition) is 4. The normalized spacial score (nSPS) is 10.2. The lowest BCUT2D eigenvalue weighted by atomic mass is 10.0. The zero-order valence-corrected chi connectivity index (χ0v) is 11.9. The van der Waals surface area contributed by atoms with Gasteiger partial charge in [-0.05, 0) is 6.92 Å². The van der Waals surface area contributed by atoms with Gasteiger partial charge in [0, 0.05) is 23.4 Å². The summed E-state index contributed by atoms with van der Waals surface area (Å²) in [4.78, 5) is 11.5. The Kier molecular flexibility index (Phi) is 3.98. The minimum absolute atomic E-state index is 0.390. The number of carbonyl (C=O) groups is 1. The molecule has 1 amide bonds. The number of carbonyl (C=O) groups excluding carboxylic acids is 1. The van der Waals surface area contributed by atoms with Crippen molar-refractivity contribution in [3.05, 3.63) is 29.8 Å². The molecule has 0 aliphatic carbocycles. The molecule has 5 nitrogen and oxygen atoms in total. The summed E-state index contributed by atoms with van der Waals surface area (Å²) in [5.41, 5.74) is 0.785. The summed E-state index contributed by atoms with van der Waals surface area (Å²) in [7, 11) is 4.65. The lowest BCUT2D eigenvalue weighted by Gasteiger charge is -2.17. The second-order valence-electron chi connectivity index (χ2n) is 4.21. The minimum atomic E-state index is -0.544. The Labute approximate surface area is 117 Å². The molecule has 0 unspecified atom stereocenters. The summed E-state index contributed by atoms with van der Waals surface area (Å²) < 4.78 is 16.2. The largest absolute Gasteiger partial charge is 0.496 e. The number of hydrogen-bond donors (Lipinski definition) is 1. The molecular formula is C15H17NO4. The number of methoxy groups -OCH3 is 2. The highest BCUT2D eigenvalue weighted by atomic mass is 16.6. The molecule has 1 N–H and O–H groups in total. The summed E-state index contributed by atoms with van der Waals surface area (Å²) in [6.07, 6.45) is -0.544. The molecule has 2 rings (SSSR count). The van der Waals surface area contributed by atoms with Crippen molar-refractivity contribution in [2.45, 2.75) is 6.92 Å². The Morgan fingerprint density at radius 1 is 1.00 bits per heavy atom. The number of nitrogens with one attached hydrogen (secondary N) is 1. The monoisotopic (exact) mass is 275 g/mol. The fourth-order valence-electron chi connectivity index (χ4n) is 2.23. The molecule has 2 aromatic rings. The van der Waals surface area contributed by atoms with E-state index in [2.05, 4.69) is 5.32 Å². The first kappa shape index (κ1) is 14.0. The van der Waals surface area contributed by atoms with E-state index in [0.717, 1.165) is 16.3 Å². The number of ether oxygens (including phenoxy) is 3. The van der Waals surface area contributed by atoms with E-state index in [9.17, 15) is 4.79 Å². The molecule has 20 heavy (non-hydrogen) atoms. The van der Waals surface area contributed by atoms with Crippen LogP contribution < -0.4 is 19.5 Å². The smallest absolute Gasteiger partial charge is 0.412 e. The maximum Gasteiger partial charge on any atom is 0.412 e. The highest BCUT2D eigenvalue weighted by Crippen LogP contribution is 2.45. The first-order valence-corrected chi connectivity index (χ1v) is 6.16. The van der Waals surface area contributed by atoms with Crippen LogP contribution in [0.4, 0.5) is 4.79 Å². The number of benzene rings is 2. The van der Waals surface area contributed by atoms with Crippen LogP contribution in [0, 0.1) is 6.92 Å². The van der Waals surface area contributed by atoms with E-state index >= 15 is 0 Å². The molecule has 0 heterocycles. The highest BCUT2D eigenvalue weighted by Gasteiger charge is 2.20. The SMILES string of the molecule is CNC(=O)Oc1c(OC)c(C)c(OC)c2ccccc12. The Morgan fingerprint density at radius 2 is 1.55 bits per heavy atom. The van der Waals surface area contributed by atoms with Gasteiger partial charge in [-0.15, -0.1) is 0 Å². The molecule has 106 valence electrons. The summed E-state index contributed by atoms with van der Waals surface area (Å²) >= 11 is 0. The first-order chi connectivity index (χ1) is 9.63. The molecule has 0 atom stereocenters. The molecule has 5 heteroatoms. The first-order valence-electron chi connectivity index (χ1n) is 6.16. The molecular weight excluding hydrogens is 258 g/mol.